The summed E-state index contributed by atoms with van der Waals surface area (Å²) in [5, 5.41) is 2.14. The Kier molecular flexibility index (Phi) is 7.72. The molecule has 9 heteroatoms. The van der Waals surface area contributed by atoms with Crippen molar-refractivity contribution in [3.63, 3.8) is 0 Å². The van der Waals surface area contributed by atoms with Gasteiger partial charge in [0.05, 0.1) is 28.1 Å². The fraction of sp³-hybridized carbons (Fsp3) is 0.500. The summed E-state index contributed by atoms with van der Waals surface area (Å²) in [6.07, 6.45) is 7.32. The second-order valence-corrected chi connectivity index (χ2v) is 13.1. The summed E-state index contributed by atoms with van der Waals surface area (Å²) in [7, 11) is 2.12. The monoisotopic (exact) mass is 576 g/mol. The lowest BCUT2D eigenvalue weighted by atomic mass is 9.83. The zero-order chi connectivity index (χ0) is 28.6. The topological polar surface area (TPSA) is 70.8 Å². The molecule has 0 atom stereocenters. The molecule has 0 bridgehead atoms. The molecule has 41 heavy (non-hydrogen) atoms. The van der Waals surface area contributed by atoms with Crippen molar-refractivity contribution in [2.24, 2.45) is 7.05 Å². The predicted octanol–water partition coefficient (Wildman–Crippen LogP) is 7.23. The van der Waals surface area contributed by atoms with E-state index < -0.39 is 5.60 Å². The Morgan fingerprint density at radius 2 is 1.85 bits per heavy atom. The molecule has 3 aromatic heterocycles. The van der Waals surface area contributed by atoms with Crippen LogP contribution in [0.25, 0.3) is 21.7 Å². The standard InChI is InChI=1S/C32H40N4O4S/c1-32(2,3)40-31(37)35-14-11-23(12-15-35)39-25-10-6-9-24(19-25)38-17-16-36-21-26(22-7-5-8-22)33-30(36)28-20-29-27(34(28)4)13-18-41-29/h6,9-10,13,18-23H,5,7-8,11-12,14-17H2,1-4H3. The fourth-order valence-electron chi connectivity index (χ4n) is 5.55. The maximum absolute atomic E-state index is 12.4. The summed E-state index contributed by atoms with van der Waals surface area (Å²) >= 11 is 1.77. The average molecular weight is 577 g/mol. The molecule has 8 nitrogen and oxygen atoms in total. The number of carbonyl (C=O) groups is 1. The van der Waals surface area contributed by atoms with Crippen LogP contribution in [0.5, 0.6) is 11.5 Å². The summed E-state index contributed by atoms with van der Waals surface area (Å²) in [5.74, 6) is 3.16. The number of hydrogen-bond acceptors (Lipinski definition) is 6. The van der Waals surface area contributed by atoms with E-state index in [1.165, 1.54) is 35.2 Å². The molecule has 1 aliphatic heterocycles. The van der Waals surface area contributed by atoms with Gasteiger partial charge < -0.3 is 28.2 Å². The third-order valence-electron chi connectivity index (χ3n) is 8.01. The van der Waals surface area contributed by atoms with Crippen LogP contribution in [0, 0.1) is 0 Å². The third-order valence-corrected chi connectivity index (χ3v) is 8.87. The molecule has 0 radical (unpaired) electrons. The van der Waals surface area contributed by atoms with Crippen molar-refractivity contribution in [1.29, 1.82) is 0 Å². The Bertz CT molecular complexity index is 1500. The normalized spacial score (nSPS) is 16.6. The van der Waals surface area contributed by atoms with Crippen molar-refractivity contribution in [2.45, 2.75) is 77.0 Å². The molecule has 1 saturated heterocycles. The number of carbonyl (C=O) groups excluding carboxylic acids is 1. The SMILES string of the molecule is Cn1c(-c2nc(C3CCC3)cn2CCOc2cccc(OC3CCN(C(=O)OC(C)(C)C)CC3)c2)cc2sccc21. The molecule has 2 fully saturated rings. The number of nitrogens with zero attached hydrogens (tertiary/aromatic N) is 4. The number of likely N-dealkylation sites (tertiary alicyclic amines) is 1. The maximum atomic E-state index is 12.4. The zero-order valence-electron chi connectivity index (χ0n) is 24.5. The summed E-state index contributed by atoms with van der Waals surface area (Å²) in [6.45, 7) is 8.17. The number of fused-ring (bicyclic) bond motifs is 1. The molecule has 6 rings (SSSR count). The van der Waals surface area contributed by atoms with Crippen LogP contribution >= 0.6 is 11.3 Å². The number of amides is 1. The van der Waals surface area contributed by atoms with Crippen molar-refractivity contribution in [1.82, 2.24) is 19.0 Å². The van der Waals surface area contributed by atoms with Crippen molar-refractivity contribution < 1.29 is 19.0 Å². The predicted molar refractivity (Wildman–Crippen MR) is 162 cm³/mol. The minimum atomic E-state index is -0.485. The van der Waals surface area contributed by atoms with Gasteiger partial charge in [0.1, 0.15) is 29.8 Å². The molecule has 0 unspecified atom stereocenters. The molecule has 218 valence electrons. The van der Waals surface area contributed by atoms with Gasteiger partial charge in [-0.3, -0.25) is 0 Å². The number of ether oxygens (including phenoxy) is 3. The van der Waals surface area contributed by atoms with Gasteiger partial charge in [0.25, 0.3) is 0 Å². The molecule has 0 spiro atoms. The molecular weight excluding hydrogens is 536 g/mol. The van der Waals surface area contributed by atoms with Crippen LogP contribution in [-0.4, -0.2) is 56.5 Å². The zero-order valence-corrected chi connectivity index (χ0v) is 25.3. The number of hydrogen-bond donors (Lipinski definition) is 0. The highest BCUT2D eigenvalue weighted by molar-refractivity contribution is 7.17. The van der Waals surface area contributed by atoms with E-state index in [2.05, 4.69) is 39.9 Å². The number of thiophene rings is 1. The highest BCUT2D eigenvalue weighted by Gasteiger charge is 2.28. The van der Waals surface area contributed by atoms with Crippen LogP contribution in [0.15, 0.2) is 48.0 Å². The molecule has 4 heterocycles. The first-order valence-electron chi connectivity index (χ1n) is 14.7. The summed E-state index contributed by atoms with van der Waals surface area (Å²) in [5.41, 5.74) is 3.10. The van der Waals surface area contributed by atoms with Gasteiger partial charge in [-0.1, -0.05) is 12.5 Å². The smallest absolute Gasteiger partial charge is 0.410 e. The first kappa shape index (κ1) is 27.7. The number of piperidine rings is 1. The summed E-state index contributed by atoms with van der Waals surface area (Å²) < 4.78 is 23.8. The molecule has 1 aromatic carbocycles. The molecule has 1 aliphatic carbocycles. The van der Waals surface area contributed by atoms with Gasteiger partial charge >= 0.3 is 6.09 Å². The van der Waals surface area contributed by atoms with E-state index in [1.807, 2.05) is 45.0 Å². The Balaban J connectivity index is 1.06. The lowest BCUT2D eigenvalue weighted by Gasteiger charge is -2.33. The highest BCUT2D eigenvalue weighted by Crippen LogP contribution is 2.38. The van der Waals surface area contributed by atoms with Crippen LogP contribution in [0.3, 0.4) is 0 Å². The molecule has 2 aliphatic rings. The second kappa shape index (κ2) is 11.4. The van der Waals surface area contributed by atoms with Crippen LogP contribution < -0.4 is 9.47 Å². The maximum Gasteiger partial charge on any atom is 0.410 e. The van der Waals surface area contributed by atoms with E-state index in [1.54, 1.807) is 16.2 Å². The Labute approximate surface area is 245 Å². The molecule has 1 amide bonds. The number of benzene rings is 1. The minimum absolute atomic E-state index is 0.0577. The summed E-state index contributed by atoms with van der Waals surface area (Å²) in [4.78, 5) is 19.2. The number of imidazole rings is 1. The van der Waals surface area contributed by atoms with Crippen molar-refractivity contribution >= 4 is 27.6 Å². The Hall–Kier alpha value is -3.46. The van der Waals surface area contributed by atoms with Gasteiger partial charge in [0, 0.05) is 51.2 Å². The number of aryl methyl sites for hydroxylation is 1. The third kappa shape index (κ3) is 6.25. The second-order valence-electron chi connectivity index (χ2n) is 12.2. The molecule has 4 aromatic rings. The first-order chi connectivity index (χ1) is 19.7. The van der Waals surface area contributed by atoms with Gasteiger partial charge in [-0.05, 0) is 63.3 Å². The molecule has 0 N–H and O–H groups in total. The van der Waals surface area contributed by atoms with E-state index in [4.69, 9.17) is 19.2 Å². The quantitative estimate of drug-likeness (QED) is 0.221. The fourth-order valence-corrected chi connectivity index (χ4v) is 6.40. The van der Waals surface area contributed by atoms with Gasteiger partial charge in [-0.25, -0.2) is 9.78 Å². The van der Waals surface area contributed by atoms with Crippen molar-refractivity contribution in [3.05, 3.63) is 53.7 Å². The van der Waals surface area contributed by atoms with E-state index in [0.29, 0.717) is 32.2 Å². The summed E-state index contributed by atoms with van der Waals surface area (Å²) in [6, 6.07) is 12.3. The molecule has 1 saturated carbocycles. The van der Waals surface area contributed by atoms with E-state index in [0.717, 1.165) is 35.9 Å². The van der Waals surface area contributed by atoms with Crippen LogP contribution in [0.2, 0.25) is 0 Å². The minimum Gasteiger partial charge on any atom is -0.492 e. The first-order valence-corrected chi connectivity index (χ1v) is 15.6. The lowest BCUT2D eigenvalue weighted by molar-refractivity contribution is 0.0126. The van der Waals surface area contributed by atoms with Gasteiger partial charge in [0.2, 0.25) is 0 Å². The van der Waals surface area contributed by atoms with Crippen molar-refractivity contribution in [2.75, 3.05) is 19.7 Å². The van der Waals surface area contributed by atoms with Gasteiger partial charge in [0.15, 0.2) is 5.82 Å². The number of aromatic nitrogens is 3. The van der Waals surface area contributed by atoms with E-state index in [-0.39, 0.29) is 12.2 Å². The van der Waals surface area contributed by atoms with Crippen LogP contribution in [0.4, 0.5) is 4.79 Å². The van der Waals surface area contributed by atoms with Gasteiger partial charge in [-0.15, -0.1) is 11.3 Å². The van der Waals surface area contributed by atoms with Crippen molar-refractivity contribution in [3.8, 4) is 23.0 Å². The van der Waals surface area contributed by atoms with Crippen LogP contribution in [0.1, 0.15) is 64.5 Å². The Morgan fingerprint density at radius 1 is 1.07 bits per heavy atom. The number of rotatable bonds is 8. The molecular formula is C32H40N4O4S. The van der Waals surface area contributed by atoms with E-state index in [9.17, 15) is 4.79 Å². The van der Waals surface area contributed by atoms with Crippen LogP contribution in [-0.2, 0) is 18.3 Å². The lowest BCUT2D eigenvalue weighted by Crippen LogP contribution is -2.44. The Morgan fingerprint density at radius 3 is 2.56 bits per heavy atom. The largest absolute Gasteiger partial charge is 0.492 e. The highest BCUT2D eigenvalue weighted by atomic mass is 32.1. The average Bonchev–Trinajstić information content (AvgIpc) is 3.59. The van der Waals surface area contributed by atoms with Gasteiger partial charge in [-0.2, -0.15) is 0 Å². The van der Waals surface area contributed by atoms with E-state index >= 15 is 0 Å².